The molecule has 0 radical (unpaired) electrons. The molecule has 154 valence electrons. The molecule has 0 saturated heterocycles. The molecular formula is C17H19BrNO8S-. The number of furan rings is 1. The van der Waals surface area contributed by atoms with Gasteiger partial charge in [-0.2, -0.15) is 0 Å². The Morgan fingerprint density at radius 2 is 2.11 bits per heavy atom. The van der Waals surface area contributed by atoms with Gasteiger partial charge in [0, 0.05) is 30.8 Å². The van der Waals surface area contributed by atoms with E-state index in [9.17, 15) is 18.7 Å². The van der Waals surface area contributed by atoms with Gasteiger partial charge in [-0.15, -0.1) is 0 Å². The summed E-state index contributed by atoms with van der Waals surface area (Å²) < 4.78 is 44.9. The zero-order chi connectivity index (χ0) is 20.8. The largest absolute Gasteiger partial charge is 0.760 e. The molecule has 1 aromatic heterocycles. The molecule has 0 spiro atoms. The van der Waals surface area contributed by atoms with E-state index in [1.165, 1.54) is 21.1 Å². The number of carbonyl (C=O) groups excluding carboxylic acids is 1. The van der Waals surface area contributed by atoms with Crippen LogP contribution >= 0.6 is 15.9 Å². The third kappa shape index (κ3) is 5.25. The van der Waals surface area contributed by atoms with Gasteiger partial charge in [-0.3, -0.25) is 9.00 Å². The second-order valence-electron chi connectivity index (χ2n) is 5.52. The molecule has 2 aromatic rings. The number of hydrogen-bond acceptors (Lipinski definition) is 8. The summed E-state index contributed by atoms with van der Waals surface area (Å²) in [4.78, 5) is 10.9. The number of hydrogen-bond donors (Lipinski definition) is 2. The first-order valence-corrected chi connectivity index (χ1v) is 10.0. The number of rotatable bonds is 9. The Hall–Kier alpha value is -2.08. The van der Waals surface area contributed by atoms with Crippen LogP contribution in [0.3, 0.4) is 0 Å². The third-order valence-electron chi connectivity index (χ3n) is 3.67. The normalized spacial score (nSPS) is 13.0. The number of alkyl halides is 1. The quantitative estimate of drug-likeness (QED) is 0.320. The molecule has 0 bridgehead atoms. The number of esters is 1. The van der Waals surface area contributed by atoms with E-state index in [1.54, 1.807) is 18.2 Å². The number of nitrogens with one attached hydrogen (secondary N) is 1. The number of ether oxygens (including phenoxy) is 3. The van der Waals surface area contributed by atoms with E-state index in [0.717, 1.165) is 0 Å². The Kier molecular flexibility index (Phi) is 7.87. The molecule has 2 rings (SSSR count). The molecule has 2 N–H and O–H groups in total. The number of carbonyl (C=O) groups is 1. The third-order valence-corrected chi connectivity index (χ3v) is 4.98. The number of halogens is 1. The van der Waals surface area contributed by atoms with Crippen LogP contribution in [0.5, 0.6) is 23.0 Å². The maximum Gasteiger partial charge on any atom is 0.308 e. The second-order valence-corrected chi connectivity index (χ2v) is 7.38. The van der Waals surface area contributed by atoms with Crippen molar-refractivity contribution in [3.63, 3.8) is 0 Å². The predicted molar refractivity (Wildman–Crippen MR) is 103 cm³/mol. The fourth-order valence-corrected chi connectivity index (χ4v) is 3.26. The minimum atomic E-state index is -2.40. The first-order chi connectivity index (χ1) is 13.3. The molecule has 11 heteroatoms. The molecular weight excluding hydrogens is 458 g/mol. The van der Waals surface area contributed by atoms with Crippen LogP contribution < -0.4 is 18.9 Å². The molecule has 2 unspecified atom stereocenters. The van der Waals surface area contributed by atoms with Crippen molar-refractivity contribution in [3.8, 4) is 34.3 Å². The van der Waals surface area contributed by atoms with Crippen LogP contribution in [-0.4, -0.2) is 40.6 Å². The maximum absolute atomic E-state index is 11.5. The van der Waals surface area contributed by atoms with Gasteiger partial charge in [-0.1, -0.05) is 15.9 Å². The smallest absolute Gasteiger partial charge is 0.308 e. The lowest BCUT2D eigenvalue weighted by Crippen LogP contribution is -2.18. The molecule has 0 aliphatic rings. The molecule has 0 fully saturated rings. The molecule has 9 nitrogen and oxygen atoms in total. The van der Waals surface area contributed by atoms with E-state index in [2.05, 4.69) is 20.7 Å². The van der Waals surface area contributed by atoms with Gasteiger partial charge in [0.25, 0.3) is 0 Å². The lowest BCUT2D eigenvalue weighted by atomic mass is 10.1. The molecule has 2 atom stereocenters. The minimum Gasteiger partial charge on any atom is -0.760 e. The van der Waals surface area contributed by atoms with Crippen LogP contribution in [0, 0.1) is 0 Å². The summed E-state index contributed by atoms with van der Waals surface area (Å²) in [5.74, 6) is -0.0799. The molecule has 0 aliphatic heterocycles. The number of methoxy groups -OCH3 is 2. The molecule has 28 heavy (non-hydrogen) atoms. The van der Waals surface area contributed by atoms with Crippen molar-refractivity contribution in [2.75, 3.05) is 20.8 Å². The van der Waals surface area contributed by atoms with Crippen molar-refractivity contribution in [2.24, 2.45) is 0 Å². The fourth-order valence-electron chi connectivity index (χ4n) is 2.44. The highest BCUT2D eigenvalue weighted by atomic mass is 79.9. The summed E-state index contributed by atoms with van der Waals surface area (Å²) in [6.07, 6.45) is 0.272. The fraction of sp³-hybridized carbons (Fsp3) is 0.353. The molecule has 0 amide bonds. The Morgan fingerprint density at radius 3 is 2.68 bits per heavy atom. The first kappa shape index (κ1) is 22.2. The zero-order valence-corrected chi connectivity index (χ0v) is 17.7. The lowest BCUT2D eigenvalue weighted by molar-refractivity contribution is -0.132. The van der Waals surface area contributed by atoms with Gasteiger partial charge in [-0.25, -0.2) is 4.72 Å². The Balaban J connectivity index is 2.48. The van der Waals surface area contributed by atoms with Crippen LogP contribution in [0.2, 0.25) is 0 Å². The van der Waals surface area contributed by atoms with E-state index in [1.807, 2.05) is 0 Å². The van der Waals surface area contributed by atoms with E-state index in [-0.39, 0.29) is 36.0 Å². The van der Waals surface area contributed by atoms with Gasteiger partial charge in [0.05, 0.1) is 24.6 Å². The zero-order valence-electron chi connectivity index (χ0n) is 15.3. The van der Waals surface area contributed by atoms with Crippen LogP contribution in [0.1, 0.15) is 23.9 Å². The van der Waals surface area contributed by atoms with Crippen molar-refractivity contribution in [1.82, 2.24) is 4.72 Å². The highest BCUT2D eigenvalue weighted by molar-refractivity contribution is 9.09. The van der Waals surface area contributed by atoms with Gasteiger partial charge < -0.3 is 28.3 Å². The lowest BCUT2D eigenvalue weighted by Gasteiger charge is -2.11. The number of benzene rings is 1. The standard InChI is InChI=1S/C17H20BrNO8S/c1-9(20)26-17-14(21)15(11-5-4-10(24-2)8-13(11)25-3)27-16(17)12(18)6-7-19-28(22)23/h4-5,8,12,19,21H,6-7H2,1-3H3,(H,22,23)/p-1. The Morgan fingerprint density at radius 1 is 1.39 bits per heavy atom. The van der Waals surface area contributed by atoms with Gasteiger partial charge in [0.2, 0.25) is 11.5 Å². The highest BCUT2D eigenvalue weighted by Crippen LogP contribution is 2.50. The van der Waals surface area contributed by atoms with Crippen molar-refractivity contribution in [2.45, 2.75) is 18.2 Å². The van der Waals surface area contributed by atoms with Crippen LogP contribution in [0.25, 0.3) is 11.3 Å². The van der Waals surface area contributed by atoms with Crippen LogP contribution in [-0.2, 0) is 16.1 Å². The van der Waals surface area contributed by atoms with Crippen molar-refractivity contribution in [1.29, 1.82) is 0 Å². The van der Waals surface area contributed by atoms with Crippen LogP contribution in [0.15, 0.2) is 22.6 Å². The second kappa shape index (κ2) is 9.92. The average molecular weight is 477 g/mol. The summed E-state index contributed by atoms with van der Waals surface area (Å²) in [6.45, 7) is 1.30. The molecule has 1 heterocycles. The summed E-state index contributed by atoms with van der Waals surface area (Å²) >= 11 is 0.963. The van der Waals surface area contributed by atoms with Gasteiger partial charge >= 0.3 is 5.97 Å². The first-order valence-electron chi connectivity index (χ1n) is 8.01. The predicted octanol–water partition coefficient (Wildman–Crippen LogP) is 2.80. The van der Waals surface area contributed by atoms with Crippen LogP contribution in [0.4, 0.5) is 0 Å². The summed E-state index contributed by atoms with van der Waals surface area (Å²) in [5.41, 5.74) is 0.416. The summed E-state index contributed by atoms with van der Waals surface area (Å²) in [5, 5.41) is 10.6. The summed E-state index contributed by atoms with van der Waals surface area (Å²) in [7, 11) is 2.96. The molecule has 1 aromatic carbocycles. The van der Waals surface area contributed by atoms with E-state index in [0.29, 0.717) is 17.1 Å². The summed E-state index contributed by atoms with van der Waals surface area (Å²) in [6, 6.07) is 4.90. The number of aromatic hydroxyl groups is 1. The Bertz CT molecular complexity index is 869. The van der Waals surface area contributed by atoms with Crippen molar-refractivity contribution in [3.05, 3.63) is 24.0 Å². The monoisotopic (exact) mass is 476 g/mol. The van der Waals surface area contributed by atoms with E-state index in [4.69, 9.17) is 18.6 Å². The van der Waals surface area contributed by atoms with Crippen molar-refractivity contribution >= 4 is 33.2 Å². The topological polar surface area (TPSA) is 130 Å². The average Bonchev–Trinajstić information content (AvgIpc) is 2.96. The van der Waals surface area contributed by atoms with Crippen molar-refractivity contribution < 1.29 is 37.3 Å². The minimum absolute atomic E-state index is 0.0376. The highest BCUT2D eigenvalue weighted by Gasteiger charge is 2.29. The van der Waals surface area contributed by atoms with Gasteiger partial charge in [-0.05, 0) is 18.6 Å². The van der Waals surface area contributed by atoms with Gasteiger partial charge in [0.15, 0.2) is 11.5 Å². The van der Waals surface area contributed by atoms with E-state index >= 15 is 0 Å². The van der Waals surface area contributed by atoms with E-state index < -0.39 is 22.1 Å². The SMILES string of the molecule is COc1ccc(-c2oc(C(Br)CCNS(=O)[O-])c(OC(C)=O)c2O)c(OC)c1. The molecule has 0 aliphatic carbocycles. The Labute approximate surface area is 172 Å². The van der Waals surface area contributed by atoms with Gasteiger partial charge in [0.1, 0.15) is 11.5 Å². The maximum atomic E-state index is 11.5. The molecule has 0 saturated carbocycles.